The molecular weight excluding hydrogens is 299 g/mol. The Kier molecular flexibility index (Phi) is 4.73. The van der Waals surface area contributed by atoms with Gasteiger partial charge in [0.25, 0.3) is 0 Å². The van der Waals surface area contributed by atoms with E-state index < -0.39 is 19.7 Å². The van der Waals surface area contributed by atoms with Crippen molar-refractivity contribution in [2.24, 2.45) is 0 Å². The second-order valence-electron chi connectivity index (χ2n) is 4.11. The molecule has 0 spiro atoms. The molecule has 0 amide bonds. The molecule has 7 heteroatoms. The SMILES string of the molecule is O=C(O)C(OP(=O)(O)Cc1cccs1)c1ccccc1. The number of thiophene rings is 1. The van der Waals surface area contributed by atoms with Gasteiger partial charge >= 0.3 is 13.6 Å². The highest BCUT2D eigenvalue weighted by molar-refractivity contribution is 7.52. The maximum atomic E-state index is 12.0. The first-order valence-electron chi connectivity index (χ1n) is 5.78. The molecule has 1 heterocycles. The minimum absolute atomic E-state index is 0.193. The van der Waals surface area contributed by atoms with Gasteiger partial charge < -0.3 is 10.00 Å². The fraction of sp³-hybridized carbons (Fsp3) is 0.154. The third-order valence-electron chi connectivity index (χ3n) is 2.53. The summed E-state index contributed by atoms with van der Waals surface area (Å²) in [5, 5.41) is 10.9. The van der Waals surface area contributed by atoms with Crippen molar-refractivity contribution < 1.29 is 23.9 Å². The third kappa shape index (κ3) is 4.02. The molecule has 2 atom stereocenters. The molecule has 5 nitrogen and oxygen atoms in total. The van der Waals surface area contributed by atoms with E-state index in [1.165, 1.54) is 11.3 Å². The first-order chi connectivity index (χ1) is 9.48. The Labute approximate surface area is 120 Å². The van der Waals surface area contributed by atoms with Gasteiger partial charge in [0.2, 0.25) is 0 Å². The molecule has 0 aliphatic carbocycles. The van der Waals surface area contributed by atoms with Gasteiger partial charge in [-0.15, -0.1) is 11.3 Å². The number of rotatable bonds is 6. The summed E-state index contributed by atoms with van der Waals surface area (Å²) in [6.45, 7) is 0. The molecule has 0 bridgehead atoms. The van der Waals surface area contributed by atoms with Crippen molar-refractivity contribution >= 4 is 24.9 Å². The zero-order valence-corrected chi connectivity index (χ0v) is 12.1. The normalized spacial score (nSPS) is 15.4. The Morgan fingerprint density at radius 1 is 1.25 bits per heavy atom. The van der Waals surface area contributed by atoms with Gasteiger partial charge in [0.1, 0.15) is 0 Å². The first kappa shape index (κ1) is 14.9. The van der Waals surface area contributed by atoms with Gasteiger partial charge in [-0.1, -0.05) is 36.4 Å². The quantitative estimate of drug-likeness (QED) is 0.800. The molecule has 0 saturated heterocycles. The van der Waals surface area contributed by atoms with Gasteiger partial charge in [-0.05, 0) is 17.0 Å². The van der Waals surface area contributed by atoms with Crippen LogP contribution in [0.25, 0.3) is 0 Å². The standard InChI is InChI=1S/C13H13O5PS/c14-13(15)12(10-5-2-1-3-6-10)18-19(16,17)9-11-7-4-8-20-11/h1-8,12H,9H2,(H,14,15)(H,16,17). The lowest BCUT2D eigenvalue weighted by Crippen LogP contribution is -2.14. The molecule has 0 radical (unpaired) electrons. The molecule has 0 fully saturated rings. The topological polar surface area (TPSA) is 83.8 Å². The summed E-state index contributed by atoms with van der Waals surface area (Å²) in [6, 6.07) is 11.6. The number of aliphatic carboxylic acids is 1. The highest BCUT2D eigenvalue weighted by Gasteiger charge is 2.31. The monoisotopic (exact) mass is 312 g/mol. The van der Waals surface area contributed by atoms with Crippen molar-refractivity contribution in [3.8, 4) is 0 Å². The van der Waals surface area contributed by atoms with Gasteiger partial charge in [-0.2, -0.15) is 0 Å². The van der Waals surface area contributed by atoms with E-state index in [0.29, 0.717) is 10.4 Å². The third-order valence-corrected chi connectivity index (χ3v) is 4.90. The molecule has 0 aliphatic rings. The summed E-state index contributed by atoms with van der Waals surface area (Å²) in [7, 11) is -4.03. The molecule has 2 rings (SSSR count). The lowest BCUT2D eigenvalue weighted by atomic mass is 10.1. The molecule has 1 aromatic heterocycles. The van der Waals surface area contributed by atoms with Crippen LogP contribution in [0.3, 0.4) is 0 Å². The lowest BCUT2D eigenvalue weighted by Gasteiger charge is -2.18. The van der Waals surface area contributed by atoms with E-state index in [1.807, 2.05) is 0 Å². The van der Waals surface area contributed by atoms with Crippen LogP contribution in [0.2, 0.25) is 0 Å². The smallest absolute Gasteiger partial charge is 0.338 e. The van der Waals surface area contributed by atoms with Crippen LogP contribution in [0.15, 0.2) is 47.8 Å². The molecule has 0 aliphatic heterocycles. The number of benzene rings is 1. The molecule has 2 unspecified atom stereocenters. The van der Waals surface area contributed by atoms with Crippen LogP contribution in [-0.2, 0) is 20.0 Å². The molecular formula is C13H13O5PS. The highest BCUT2D eigenvalue weighted by atomic mass is 32.1. The number of hydrogen-bond acceptors (Lipinski definition) is 4. The summed E-state index contributed by atoms with van der Waals surface area (Å²) in [4.78, 5) is 21.7. The second-order valence-corrected chi connectivity index (χ2v) is 6.94. The fourth-order valence-electron chi connectivity index (χ4n) is 1.68. The largest absolute Gasteiger partial charge is 0.479 e. The number of hydrogen-bond donors (Lipinski definition) is 2. The second kappa shape index (κ2) is 6.33. The van der Waals surface area contributed by atoms with Gasteiger partial charge in [0.05, 0.1) is 6.16 Å². The summed E-state index contributed by atoms with van der Waals surface area (Å²) in [6.07, 6.45) is -1.65. The Hall–Kier alpha value is -1.46. The Balaban J connectivity index is 2.16. The van der Waals surface area contributed by atoms with E-state index in [1.54, 1.807) is 47.8 Å². The van der Waals surface area contributed by atoms with Crippen molar-refractivity contribution in [2.75, 3.05) is 0 Å². The predicted octanol–water partition coefficient (Wildman–Crippen LogP) is 3.28. The van der Waals surface area contributed by atoms with Crippen LogP contribution >= 0.6 is 18.9 Å². The number of carbonyl (C=O) groups is 1. The lowest BCUT2D eigenvalue weighted by molar-refractivity contribution is -0.145. The molecule has 2 aromatic rings. The summed E-state index contributed by atoms with van der Waals surface area (Å²) < 4.78 is 17.0. The highest BCUT2D eigenvalue weighted by Crippen LogP contribution is 2.50. The van der Waals surface area contributed by atoms with Crippen LogP contribution in [-0.4, -0.2) is 16.0 Å². The van der Waals surface area contributed by atoms with Crippen molar-refractivity contribution in [3.05, 3.63) is 58.3 Å². The van der Waals surface area contributed by atoms with Crippen molar-refractivity contribution in [2.45, 2.75) is 12.3 Å². The minimum Gasteiger partial charge on any atom is -0.479 e. The summed E-state index contributed by atoms with van der Waals surface area (Å²) >= 11 is 1.32. The van der Waals surface area contributed by atoms with E-state index in [2.05, 4.69) is 0 Å². The maximum Gasteiger partial charge on any atom is 0.338 e. The zero-order valence-electron chi connectivity index (χ0n) is 10.4. The fourth-order valence-corrected chi connectivity index (χ4v) is 4.07. The van der Waals surface area contributed by atoms with E-state index in [0.717, 1.165) is 0 Å². The van der Waals surface area contributed by atoms with E-state index in [9.17, 15) is 14.3 Å². The Morgan fingerprint density at radius 2 is 1.95 bits per heavy atom. The van der Waals surface area contributed by atoms with Crippen LogP contribution in [0, 0.1) is 0 Å². The van der Waals surface area contributed by atoms with E-state index in [-0.39, 0.29) is 6.16 Å². The van der Waals surface area contributed by atoms with Crippen molar-refractivity contribution in [3.63, 3.8) is 0 Å². The number of carboxylic acid groups (broad SMARTS) is 1. The minimum atomic E-state index is -4.03. The summed E-state index contributed by atoms with van der Waals surface area (Å²) in [5.74, 6) is -1.29. The Morgan fingerprint density at radius 3 is 2.50 bits per heavy atom. The van der Waals surface area contributed by atoms with Gasteiger partial charge in [0, 0.05) is 4.88 Å². The molecule has 0 saturated carbocycles. The Bertz CT molecular complexity index is 611. The molecule has 20 heavy (non-hydrogen) atoms. The number of carboxylic acids is 1. The van der Waals surface area contributed by atoms with Gasteiger partial charge in [-0.25, -0.2) is 4.79 Å². The molecule has 1 aromatic carbocycles. The van der Waals surface area contributed by atoms with Crippen molar-refractivity contribution in [1.29, 1.82) is 0 Å². The summed E-state index contributed by atoms with van der Waals surface area (Å²) in [5.41, 5.74) is 0.334. The van der Waals surface area contributed by atoms with Crippen molar-refractivity contribution in [1.82, 2.24) is 0 Å². The first-order valence-corrected chi connectivity index (χ1v) is 8.42. The van der Waals surface area contributed by atoms with Gasteiger partial charge in [0.15, 0.2) is 6.10 Å². The van der Waals surface area contributed by atoms with Gasteiger partial charge in [-0.3, -0.25) is 9.09 Å². The average molecular weight is 312 g/mol. The maximum absolute atomic E-state index is 12.0. The van der Waals surface area contributed by atoms with E-state index >= 15 is 0 Å². The zero-order chi connectivity index (χ0) is 14.6. The van der Waals surface area contributed by atoms with E-state index in [4.69, 9.17) is 9.63 Å². The van der Waals surface area contributed by atoms with Crippen LogP contribution in [0.1, 0.15) is 16.5 Å². The average Bonchev–Trinajstić information content (AvgIpc) is 2.89. The predicted molar refractivity (Wildman–Crippen MR) is 75.8 cm³/mol. The molecule has 106 valence electrons. The molecule has 2 N–H and O–H groups in total. The van der Waals surface area contributed by atoms with Crippen LogP contribution in [0.4, 0.5) is 0 Å². The van der Waals surface area contributed by atoms with Crippen LogP contribution < -0.4 is 0 Å². The van der Waals surface area contributed by atoms with Crippen LogP contribution in [0.5, 0.6) is 0 Å².